The first kappa shape index (κ1) is 93.9. The number of aliphatic hydroxyl groups excluding tert-OH is 1. The zero-order chi connectivity index (χ0) is 84.1. The van der Waals surface area contributed by atoms with Crippen molar-refractivity contribution in [2.75, 3.05) is 38.8 Å². The molecule has 18 atom stereocenters. The van der Waals surface area contributed by atoms with E-state index in [-0.39, 0.29) is 69.1 Å². The van der Waals surface area contributed by atoms with Gasteiger partial charge in [-0.15, -0.1) is 0 Å². The lowest BCUT2D eigenvalue weighted by atomic mass is 9.96. The number of ether oxygens (including phenoxy) is 2. The topological polar surface area (TPSA) is 483 Å². The highest BCUT2D eigenvalue weighted by Gasteiger charge is 2.45. The van der Waals surface area contributed by atoms with E-state index < -0.39 is 228 Å². The highest BCUT2D eigenvalue weighted by atomic mass is 33.1. The van der Waals surface area contributed by atoms with Crippen LogP contribution in [0.1, 0.15) is 145 Å². The Morgan fingerprint density at radius 2 is 1.13 bits per heavy atom. The van der Waals surface area contributed by atoms with Gasteiger partial charge in [0.25, 0.3) is 5.91 Å². The van der Waals surface area contributed by atoms with E-state index in [0.717, 1.165) is 26.5 Å². The fourth-order valence-corrected chi connectivity index (χ4v) is 15.0. The molecule has 5 rings (SSSR count). The van der Waals surface area contributed by atoms with Crippen molar-refractivity contribution in [1.29, 1.82) is 0 Å². The van der Waals surface area contributed by atoms with Crippen molar-refractivity contribution in [3.63, 3.8) is 0 Å². The molecule has 36 heteroatoms. The van der Waals surface area contributed by atoms with Crippen molar-refractivity contribution in [3.8, 4) is 0 Å². The standard InChI is InChI=1S/C77H114N14O20S2/c1-15-41(6)33-50-67(99)87-60(40(4)5)76(108)90(13)63(47(12)110-14)74(106)85-54(37-92)77(109)111-46(11)62-73(105)84-53(36-49-27-22-19-23-28-49)75(107)91-32-24-29-57(91)71(103)86-56(70(102)88-61(43(8)17-3)72(104)79-45(10)65(97)81-50)39-113-112-38-55(80-58(93)30-31-59(94)95)69(101)83-52(35-48-25-20-18-21-26-48)66(98)78-44(9)64(96)82-51(68(100)89-62)34-42(7)16-2/h18-23,25-28,40-44,46-47,50-57,60-63,92H,10,15-17,24,29-39H2,1-9,11-14H3,(H,78,98)(H,79,104)(H,80,93)(H,81,97)(H,82,96)(H,83,101)(H,84,105)(H,85,106)(H,86,103)(H,87,99)(H,88,102)(H,89,100)(H,94,95)/t41-,42+,43+,44-,46-,47-,50+,51+,52-,53-,54+,55+,56-,57+,60-,61+,62-,63+/m1/s1. The third-order valence-corrected chi connectivity index (χ3v) is 22.7. The number of amides is 14. The number of hydrogen-bond donors (Lipinski definition) is 14. The molecule has 113 heavy (non-hydrogen) atoms. The van der Waals surface area contributed by atoms with Crippen LogP contribution in [0.4, 0.5) is 0 Å². The number of carboxylic acids is 1. The Balaban J connectivity index is 1.80. The fourth-order valence-electron chi connectivity index (χ4n) is 12.6. The molecule has 2 bridgehead atoms. The van der Waals surface area contributed by atoms with Gasteiger partial charge in [0, 0.05) is 51.5 Å². The minimum absolute atomic E-state index is 0.0134. The summed E-state index contributed by atoms with van der Waals surface area (Å²) in [5.41, 5.74) is 0.407. The second kappa shape index (κ2) is 45.9. The van der Waals surface area contributed by atoms with E-state index in [0.29, 0.717) is 24.0 Å². The zero-order valence-corrected chi connectivity index (χ0v) is 68.1. The second-order valence-corrected chi connectivity index (χ2v) is 32.0. The van der Waals surface area contributed by atoms with Gasteiger partial charge in [0.2, 0.25) is 76.8 Å². The molecule has 0 saturated carbocycles. The molecule has 0 unspecified atom stereocenters. The van der Waals surface area contributed by atoms with Crippen molar-refractivity contribution in [2.24, 2.45) is 23.7 Å². The molecule has 3 fully saturated rings. The summed E-state index contributed by atoms with van der Waals surface area (Å²) in [5.74, 6) is -19.1. The first-order valence-electron chi connectivity index (χ1n) is 38.3. The molecular formula is C77H114N14O20S2. The van der Waals surface area contributed by atoms with Gasteiger partial charge in [-0.2, -0.15) is 0 Å². The minimum atomic E-state index is -2.05. The first-order chi connectivity index (χ1) is 53.5. The lowest BCUT2D eigenvalue weighted by Gasteiger charge is -2.36. The number of aliphatic hydroxyl groups is 1. The van der Waals surface area contributed by atoms with Crippen LogP contribution >= 0.6 is 21.6 Å². The van der Waals surface area contributed by atoms with Crippen molar-refractivity contribution < 1.29 is 96.4 Å². The van der Waals surface area contributed by atoms with Crippen LogP contribution in [0, 0.1) is 23.7 Å². The number of likely N-dealkylation sites (N-methyl/N-ethyl adjacent to an activating group) is 1. The van der Waals surface area contributed by atoms with E-state index in [9.17, 15) is 63.0 Å². The van der Waals surface area contributed by atoms with Gasteiger partial charge in [-0.3, -0.25) is 71.9 Å². The number of fused-ring (bicyclic) bond motifs is 6. The van der Waals surface area contributed by atoms with Gasteiger partial charge >= 0.3 is 11.9 Å². The highest BCUT2D eigenvalue weighted by Crippen LogP contribution is 2.27. The van der Waals surface area contributed by atoms with E-state index in [1.807, 2.05) is 6.92 Å². The summed E-state index contributed by atoms with van der Waals surface area (Å²) in [6.45, 7) is 20.1. The van der Waals surface area contributed by atoms with Crippen molar-refractivity contribution in [3.05, 3.63) is 84.1 Å². The molecule has 2 aromatic carbocycles. The van der Waals surface area contributed by atoms with Gasteiger partial charge in [0.05, 0.1) is 24.8 Å². The molecule has 3 aliphatic heterocycles. The summed E-state index contributed by atoms with van der Waals surface area (Å²) in [6.07, 6.45) is -3.54. The molecule has 624 valence electrons. The maximum absolute atomic E-state index is 15.6. The van der Waals surface area contributed by atoms with Crippen molar-refractivity contribution in [2.45, 2.75) is 238 Å². The number of carboxylic acid groups (broad SMARTS) is 1. The van der Waals surface area contributed by atoms with Gasteiger partial charge in [-0.05, 0) is 81.3 Å². The third kappa shape index (κ3) is 28.4. The monoisotopic (exact) mass is 1620 g/mol. The Labute approximate surface area is 667 Å². The summed E-state index contributed by atoms with van der Waals surface area (Å²) in [6, 6.07) is -4.17. The average Bonchev–Trinajstić information content (AvgIpc) is 1.75. The maximum Gasteiger partial charge on any atom is 0.331 e. The smallest absolute Gasteiger partial charge is 0.331 e. The summed E-state index contributed by atoms with van der Waals surface area (Å²) < 4.78 is 11.5. The predicted octanol–water partition coefficient (Wildman–Crippen LogP) is 0.0792. The fraction of sp³-hybridized carbons (Fsp3) is 0.610. The summed E-state index contributed by atoms with van der Waals surface area (Å²) in [7, 11) is 4.24. The number of aliphatic carboxylic acids is 1. The molecule has 14 amide bonds. The van der Waals surface area contributed by atoms with Gasteiger partial charge in [-0.1, -0.05) is 163 Å². The number of carbonyl (C=O) groups excluding carboxylic acids is 15. The molecule has 2 aromatic rings. The van der Waals surface area contributed by atoms with E-state index in [4.69, 9.17) is 9.47 Å². The van der Waals surface area contributed by atoms with Crippen LogP contribution in [0.15, 0.2) is 72.9 Å². The van der Waals surface area contributed by atoms with Crippen molar-refractivity contribution >= 4 is 116 Å². The van der Waals surface area contributed by atoms with Gasteiger partial charge in [0.1, 0.15) is 78.6 Å². The molecule has 0 aromatic heterocycles. The van der Waals surface area contributed by atoms with Crippen LogP contribution in [-0.4, -0.2) is 244 Å². The van der Waals surface area contributed by atoms with E-state index in [2.05, 4.69) is 70.4 Å². The first-order valence-corrected chi connectivity index (χ1v) is 40.7. The van der Waals surface area contributed by atoms with Crippen LogP contribution in [0.5, 0.6) is 0 Å². The van der Waals surface area contributed by atoms with Crippen LogP contribution in [0.25, 0.3) is 0 Å². The molecule has 34 nitrogen and oxygen atoms in total. The number of carbonyl (C=O) groups is 16. The highest BCUT2D eigenvalue weighted by molar-refractivity contribution is 8.76. The number of methoxy groups -OCH3 is 1. The number of nitrogens with one attached hydrogen (secondary N) is 12. The van der Waals surface area contributed by atoms with Crippen LogP contribution in [0.3, 0.4) is 0 Å². The lowest BCUT2D eigenvalue weighted by molar-refractivity contribution is -0.158. The van der Waals surface area contributed by atoms with Gasteiger partial charge in [0.15, 0.2) is 6.04 Å². The Morgan fingerprint density at radius 1 is 0.593 bits per heavy atom. The van der Waals surface area contributed by atoms with Gasteiger partial charge < -0.3 is 93.3 Å². The summed E-state index contributed by atoms with van der Waals surface area (Å²) in [4.78, 5) is 236. The summed E-state index contributed by atoms with van der Waals surface area (Å²) >= 11 is 0. The number of cyclic esters (lactones) is 1. The molecular weight excluding hydrogens is 1510 g/mol. The largest absolute Gasteiger partial charge is 0.481 e. The van der Waals surface area contributed by atoms with Crippen LogP contribution < -0.4 is 63.8 Å². The molecule has 3 saturated heterocycles. The lowest BCUT2D eigenvalue weighted by Crippen LogP contribution is -2.63. The molecule has 3 heterocycles. The van der Waals surface area contributed by atoms with Crippen LogP contribution in [0.2, 0.25) is 0 Å². The Bertz CT molecular complexity index is 3690. The average molecular weight is 1620 g/mol. The minimum Gasteiger partial charge on any atom is -0.481 e. The quantitative estimate of drug-likeness (QED) is 0.0474. The molecule has 0 aliphatic carbocycles. The summed E-state index contributed by atoms with van der Waals surface area (Å²) in [5, 5.41) is 51.9. The van der Waals surface area contributed by atoms with E-state index in [1.165, 1.54) is 39.8 Å². The Hall–Kier alpha value is -9.68. The number of hydrogen-bond acceptors (Lipinski definition) is 21. The predicted molar refractivity (Wildman–Crippen MR) is 419 cm³/mol. The van der Waals surface area contributed by atoms with Gasteiger partial charge in [-0.25, -0.2) is 4.79 Å². The Morgan fingerprint density at radius 3 is 1.70 bits per heavy atom. The number of nitrogens with zero attached hydrogens (tertiary/aromatic N) is 2. The third-order valence-electron chi connectivity index (χ3n) is 20.3. The van der Waals surface area contributed by atoms with Crippen LogP contribution in [-0.2, 0) is 99.0 Å². The van der Waals surface area contributed by atoms with E-state index in [1.54, 1.807) is 109 Å². The Kier molecular flexibility index (Phi) is 38.1. The van der Waals surface area contributed by atoms with E-state index >= 15 is 24.0 Å². The SMILES string of the molecule is C=C1NC(=O)[C@H]([C@@H](C)CC)NC(=O)[C@H]2CSSC[C@H](NC(=O)CCC(=O)O)C(=O)N[C@H](Cc3ccccc3)C(=O)N[C@H](C)C(=O)N[C@@H](C[C@@H](C)CC)C(=O)N[C@@H](C(=O)N[C@H](Cc3ccccc3)C(=O)N3CCC[C@H]3C(=O)N2)[C@@H](C)OC(=O)[C@H](CO)NC(=O)[C@H]([C@@H](C)OC)N(C)C(=O)[C@@H](C(C)C)NC(=O)[C@H](C[C@H](C)CC)NC1=O. The number of esters is 1. The molecule has 14 N–H and O–H groups in total. The molecule has 0 radical (unpaired) electrons. The molecule has 0 spiro atoms. The number of rotatable bonds is 20. The normalized spacial score (nSPS) is 27.4. The number of benzene rings is 2. The zero-order valence-electron chi connectivity index (χ0n) is 66.5. The maximum atomic E-state index is 15.6. The second-order valence-electron chi connectivity index (χ2n) is 29.4. The van der Waals surface area contributed by atoms with Crippen molar-refractivity contribution in [1.82, 2.24) is 73.6 Å². The molecule has 3 aliphatic rings.